The largest absolute Gasteiger partial charge is 0.382 e. The van der Waals surface area contributed by atoms with Crippen LogP contribution in [0, 0.1) is 11.8 Å². The summed E-state index contributed by atoms with van der Waals surface area (Å²) in [4.78, 5) is 0. The van der Waals surface area contributed by atoms with Gasteiger partial charge in [-0.2, -0.15) is 0 Å². The fourth-order valence-corrected chi connectivity index (χ4v) is 6.21. The summed E-state index contributed by atoms with van der Waals surface area (Å²) in [6.45, 7) is 2.86. The molecule has 4 rings (SSSR count). The minimum Gasteiger partial charge on any atom is -0.382 e. The smallest absolute Gasteiger partial charge is 0.184 e. The molecule has 0 aromatic rings. The summed E-state index contributed by atoms with van der Waals surface area (Å²) < 4.78 is 23.4. The van der Waals surface area contributed by atoms with Gasteiger partial charge in [0.05, 0.1) is 38.8 Å². The summed E-state index contributed by atoms with van der Waals surface area (Å²) in [7, 11) is 4.29. The van der Waals surface area contributed by atoms with E-state index in [-0.39, 0.29) is 23.7 Å². The van der Waals surface area contributed by atoms with E-state index < -0.39 is 6.29 Å². The lowest BCUT2D eigenvalue weighted by Gasteiger charge is -2.31. The van der Waals surface area contributed by atoms with Crippen molar-refractivity contribution in [2.24, 2.45) is 11.8 Å². The molecular weight excluding hydrogens is 390 g/mol. The van der Waals surface area contributed by atoms with Gasteiger partial charge in [-0.1, -0.05) is 0 Å². The molecule has 4 aliphatic heterocycles. The number of likely N-dealkylation sites (N-methyl/N-ethyl adjacent to an activating group) is 1. The molecule has 4 fully saturated rings. The zero-order valence-corrected chi connectivity index (χ0v) is 17.7. The molecule has 0 bridgehead atoms. The van der Waals surface area contributed by atoms with Crippen molar-refractivity contribution in [1.82, 2.24) is 0 Å². The lowest BCUT2D eigenvalue weighted by atomic mass is 10.1. The second-order valence-corrected chi connectivity index (χ2v) is 11.0. The van der Waals surface area contributed by atoms with Gasteiger partial charge in [0.1, 0.15) is 24.6 Å². The highest BCUT2D eigenvalue weighted by atomic mass is 32.2. The Kier molecular flexibility index (Phi) is 6.63. The average Bonchev–Trinajstić information content (AvgIpc) is 3.52. The first-order valence-corrected chi connectivity index (χ1v) is 12.0. The molecule has 4 heterocycles. The number of epoxide rings is 2. The molecule has 9 heteroatoms. The van der Waals surface area contributed by atoms with E-state index in [0.29, 0.717) is 30.7 Å². The highest BCUT2D eigenvalue weighted by molar-refractivity contribution is 8.00. The van der Waals surface area contributed by atoms with E-state index in [9.17, 15) is 10.2 Å². The minimum absolute atomic E-state index is 0.101. The van der Waals surface area contributed by atoms with Crippen molar-refractivity contribution in [2.75, 3.05) is 51.9 Å². The van der Waals surface area contributed by atoms with Gasteiger partial charge >= 0.3 is 0 Å². The SMILES string of the molecule is C[N+](C)(CCOC(O)C1CSC2OC2C1)CCOC1OC1C1CSC(O)C1. The summed E-state index contributed by atoms with van der Waals surface area (Å²) in [5.41, 5.74) is 0.132. The van der Waals surface area contributed by atoms with Gasteiger partial charge in [0, 0.05) is 23.3 Å². The third-order valence-electron chi connectivity index (χ3n) is 5.87. The van der Waals surface area contributed by atoms with E-state index in [1.54, 1.807) is 23.5 Å². The van der Waals surface area contributed by atoms with Crippen molar-refractivity contribution >= 4 is 23.5 Å². The second-order valence-electron chi connectivity index (χ2n) is 8.64. The van der Waals surface area contributed by atoms with Crippen LogP contribution in [0.2, 0.25) is 0 Å². The van der Waals surface area contributed by atoms with Gasteiger partial charge in [-0.25, -0.2) is 0 Å². The molecule has 8 unspecified atom stereocenters. The van der Waals surface area contributed by atoms with Crippen LogP contribution in [0.3, 0.4) is 0 Å². The van der Waals surface area contributed by atoms with E-state index in [0.717, 1.165) is 41.9 Å². The number of hydrogen-bond donors (Lipinski definition) is 2. The topological polar surface area (TPSA) is 84.0 Å². The number of ether oxygens (including phenoxy) is 4. The van der Waals surface area contributed by atoms with Crippen molar-refractivity contribution in [3.63, 3.8) is 0 Å². The molecular formula is C18H32NO6S2+. The summed E-state index contributed by atoms with van der Waals surface area (Å²) >= 11 is 3.39. The van der Waals surface area contributed by atoms with Crippen molar-refractivity contribution < 1.29 is 33.6 Å². The fourth-order valence-electron chi connectivity index (χ4n) is 3.74. The van der Waals surface area contributed by atoms with Gasteiger partial charge < -0.3 is 33.6 Å². The summed E-state index contributed by atoms with van der Waals surface area (Å²) in [5, 5.41) is 19.8. The lowest BCUT2D eigenvalue weighted by molar-refractivity contribution is -0.891. The summed E-state index contributed by atoms with van der Waals surface area (Å²) in [5.74, 6) is 2.46. The predicted molar refractivity (Wildman–Crippen MR) is 104 cm³/mol. The van der Waals surface area contributed by atoms with Crippen LogP contribution in [0.1, 0.15) is 12.8 Å². The lowest BCUT2D eigenvalue weighted by Crippen LogP contribution is -2.45. The molecule has 0 spiro atoms. The Balaban J connectivity index is 1.07. The van der Waals surface area contributed by atoms with E-state index in [4.69, 9.17) is 18.9 Å². The number of aliphatic hydroxyl groups excluding tert-OH is 2. The van der Waals surface area contributed by atoms with E-state index in [1.807, 2.05) is 0 Å². The Labute approximate surface area is 169 Å². The van der Waals surface area contributed by atoms with Crippen LogP contribution in [-0.4, -0.2) is 102 Å². The molecule has 0 amide bonds. The number of aliphatic hydroxyl groups is 2. The molecule has 2 N–H and O–H groups in total. The average molecular weight is 423 g/mol. The molecule has 27 heavy (non-hydrogen) atoms. The number of nitrogens with zero attached hydrogens (tertiary/aromatic N) is 1. The maximum Gasteiger partial charge on any atom is 0.184 e. The molecule has 0 saturated carbocycles. The quantitative estimate of drug-likeness (QED) is 0.302. The van der Waals surface area contributed by atoms with Gasteiger partial charge in [-0.05, 0) is 12.8 Å². The molecule has 0 aromatic heterocycles. The van der Waals surface area contributed by atoms with Gasteiger partial charge in [0.15, 0.2) is 12.6 Å². The molecule has 8 atom stereocenters. The van der Waals surface area contributed by atoms with Gasteiger partial charge in [0.25, 0.3) is 0 Å². The molecule has 4 saturated heterocycles. The third-order valence-corrected chi connectivity index (χ3v) is 8.43. The third kappa shape index (κ3) is 5.73. The molecule has 0 aliphatic carbocycles. The van der Waals surface area contributed by atoms with Crippen molar-refractivity contribution in [1.29, 1.82) is 0 Å². The van der Waals surface area contributed by atoms with Crippen LogP contribution >= 0.6 is 23.5 Å². The van der Waals surface area contributed by atoms with Crippen LogP contribution in [0.15, 0.2) is 0 Å². The molecule has 156 valence electrons. The van der Waals surface area contributed by atoms with Crippen LogP contribution in [0.25, 0.3) is 0 Å². The highest BCUT2D eigenvalue weighted by Gasteiger charge is 2.49. The monoisotopic (exact) mass is 422 g/mol. The fraction of sp³-hybridized carbons (Fsp3) is 1.00. The number of thioether (sulfide) groups is 2. The maximum absolute atomic E-state index is 10.3. The van der Waals surface area contributed by atoms with Crippen molar-refractivity contribution in [2.45, 2.75) is 48.5 Å². The van der Waals surface area contributed by atoms with Crippen LogP contribution in [0.4, 0.5) is 0 Å². The van der Waals surface area contributed by atoms with Crippen LogP contribution in [-0.2, 0) is 18.9 Å². The molecule has 0 aromatic carbocycles. The number of fused-ring (bicyclic) bond motifs is 1. The second kappa shape index (κ2) is 8.65. The van der Waals surface area contributed by atoms with Crippen LogP contribution in [0.5, 0.6) is 0 Å². The van der Waals surface area contributed by atoms with E-state index in [1.165, 1.54) is 0 Å². The Hall–Kier alpha value is 0.420. The standard InChI is InChI=1S/C18H32NO6S2/c1-19(2,3-5-22-16(21)12-7-13-18(24-13)27-10-12)4-6-23-17-15(25-17)11-8-14(20)26-9-11/h11-18,20-21H,3-10H2,1-2H3/q+1. The summed E-state index contributed by atoms with van der Waals surface area (Å²) in [6.07, 6.45) is 1.41. The first-order chi connectivity index (χ1) is 12.9. The maximum atomic E-state index is 10.3. The minimum atomic E-state index is -0.695. The number of hydrogen-bond acceptors (Lipinski definition) is 8. The Morgan fingerprint density at radius 3 is 2.67 bits per heavy atom. The molecule has 0 radical (unpaired) electrons. The van der Waals surface area contributed by atoms with E-state index in [2.05, 4.69) is 14.1 Å². The van der Waals surface area contributed by atoms with Gasteiger partial charge in [0.2, 0.25) is 0 Å². The number of quaternary nitrogens is 1. The molecule has 4 aliphatic rings. The Morgan fingerprint density at radius 2 is 1.93 bits per heavy atom. The summed E-state index contributed by atoms with van der Waals surface area (Å²) in [6, 6.07) is 0. The van der Waals surface area contributed by atoms with Crippen molar-refractivity contribution in [3.8, 4) is 0 Å². The Morgan fingerprint density at radius 1 is 1.11 bits per heavy atom. The zero-order valence-electron chi connectivity index (χ0n) is 16.1. The number of rotatable bonds is 10. The zero-order chi connectivity index (χ0) is 19.0. The van der Waals surface area contributed by atoms with Crippen molar-refractivity contribution in [3.05, 3.63) is 0 Å². The molecule has 7 nitrogen and oxygen atoms in total. The first kappa shape index (κ1) is 20.7. The normalized spacial score (nSPS) is 42.0. The predicted octanol–water partition coefficient (Wildman–Crippen LogP) is 0.689. The highest BCUT2D eigenvalue weighted by Crippen LogP contribution is 2.44. The first-order valence-electron chi connectivity index (χ1n) is 9.87. The Bertz CT molecular complexity index is 512. The van der Waals surface area contributed by atoms with Gasteiger partial charge in [-0.15, -0.1) is 23.5 Å². The van der Waals surface area contributed by atoms with Gasteiger partial charge in [-0.3, -0.25) is 0 Å². The van der Waals surface area contributed by atoms with E-state index >= 15 is 0 Å². The van der Waals surface area contributed by atoms with Crippen LogP contribution < -0.4 is 0 Å².